The molecular formula is C22H41IN4O. The summed E-state index contributed by atoms with van der Waals surface area (Å²) in [6.07, 6.45) is 4.41. The summed E-state index contributed by atoms with van der Waals surface area (Å²) in [6, 6.07) is 10.4. The molecule has 1 atom stereocenters. The molecular weight excluding hydrogens is 463 g/mol. The summed E-state index contributed by atoms with van der Waals surface area (Å²) in [5, 5.41) is 6.88. The zero-order chi connectivity index (χ0) is 19.7. The first-order valence-corrected chi connectivity index (χ1v) is 10.6. The summed E-state index contributed by atoms with van der Waals surface area (Å²) >= 11 is 0. The number of hydrogen-bond acceptors (Lipinski definition) is 3. The molecule has 28 heavy (non-hydrogen) atoms. The monoisotopic (exact) mass is 504 g/mol. The fourth-order valence-corrected chi connectivity index (χ4v) is 2.90. The Hall–Kier alpha value is -1.02. The van der Waals surface area contributed by atoms with Gasteiger partial charge in [-0.15, -0.1) is 24.0 Å². The van der Waals surface area contributed by atoms with Crippen LogP contribution in [0.15, 0.2) is 35.3 Å². The predicted molar refractivity (Wildman–Crippen MR) is 132 cm³/mol. The van der Waals surface area contributed by atoms with E-state index in [1.165, 1.54) is 13.0 Å². The van der Waals surface area contributed by atoms with Gasteiger partial charge in [-0.2, -0.15) is 0 Å². The lowest BCUT2D eigenvalue weighted by molar-refractivity contribution is 0.292. The molecule has 162 valence electrons. The zero-order valence-electron chi connectivity index (χ0n) is 18.2. The highest BCUT2D eigenvalue weighted by Gasteiger charge is 2.06. The van der Waals surface area contributed by atoms with E-state index < -0.39 is 0 Å². The van der Waals surface area contributed by atoms with E-state index in [2.05, 4.69) is 43.2 Å². The van der Waals surface area contributed by atoms with Gasteiger partial charge < -0.3 is 20.3 Å². The second-order valence-corrected chi connectivity index (χ2v) is 6.84. The highest BCUT2D eigenvalue weighted by Crippen LogP contribution is 2.08. The average molecular weight is 505 g/mol. The number of guanidine groups is 1. The Morgan fingerprint density at radius 1 is 1.07 bits per heavy atom. The molecule has 1 unspecified atom stereocenters. The largest absolute Gasteiger partial charge is 0.494 e. The van der Waals surface area contributed by atoms with Crippen molar-refractivity contribution >= 4 is 29.9 Å². The normalized spacial score (nSPS) is 12.4. The van der Waals surface area contributed by atoms with Crippen LogP contribution in [0.4, 0.5) is 0 Å². The van der Waals surface area contributed by atoms with Gasteiger partial charge in [0.25, 0.3) is 0 Å². The minimum atomic E-state index is 0. The van der Waals surface area contributed by atoms with Crippen LogP contribution in [0, 0.1) is 0 Å². The molecule has 1 aromatic rings. The van der Waals surface area contributed by atoms with Crippen LogP contribution in [0.25, 0.3) is 0 Å². The molecule has 0 heterocycles. The number of rotatable bonds is 14. The van der Waals surface area contributed by atoms with E-state index in [-0.39, 0.29) is 24.0 Å². The Bertz CT molecular complexity index is 495. The zero-order valence-corrected chi connectivity index (χ0v) is 20.6. The Labute approximate surface area is 189 Å². The molecule has 0 aliphatic rings. The van der Waals surface area contributed by atoms with Crippen molar-refractivity contribution in [2.45, 2.75) is 59.4 Å². The van der Waals surface area contributed by atoms with Gasteiger partial charge in [0.2, 0.25) is 0 Å². The molecule has 5 nitrogen and oxygen atoms in total. The average Bonchev–Trinajstić information content (AvgIpc) is 2.69. The number of aliphatic imine (C=N–C) groups is 1. The van der Waals surface area contributed by atoms with Gasteiger partial charge in [-0.3, -0.25) is 4.99 Å². The van der Waals surface area contributed by atoms with Gasteiger partial charge in [0, 0.05) is 19.1 Å². The molecule has 0 aromatic heterocycles. The van der Waals surface area contributed by atoms with Gasteiger partial charge in [0.05, 0.1) is 6.61 Å². The summed E-state index contributed by atoms with van der Waals surface area (Å²) in [6.45, 7) is 14.7. The Morgan fingerprint density at radius 2 is 1.79 bits per heavy atom. The number of nitrogens with zero attached hydrogens (tertiary/aromatic N) is 2. The van der Waals surface area contributed by atoms with Crippen molar-refractivity contribution in [1.82, 2.24) is 15.5 Å². The Kier molecular flexibility index (Phi) is 17.4. The van der Waals surface area contributed by atoms with E-state index in [9.17, 15) is 0 Å². The van der Waals surface area contributed by atoms with Crippen molar-refractivity contribution in [2.24, 2.45) is 4.99 Å². The number of halogens is 1. The fraction of sp³-hybridized carbons (Fsp3) is 0.682. The first kappa shape index (κ1) is 27.0. The third kappa shape index (κ3) is 13.2. The van der Waals surface area contributed by atoms with Gasteiger partial charge in [0.1, 0.15) is 5.75 Å². The molecule has 0 radical (unpaired) electrons. The lowest BCUT2D eigenvalue weighted by atomic mass is 10.2. The second-order valence-electron chi connectivity index (χ2n) is 6.84. The third-order valence-corrected chi connectivity index (χ3v) is 4.57. The van der Waals surface area contributed by atoms with E-state index in [0.717, 1.165) is 63.8 Å². The van der Waals surface area contributed by atoms with E-state index in [0.29, 0.717) is 6.04 Å². The third-order valence-electron chi connectivity index (χ3n) is 4.57. The number of para-hydroxylation sites is 1. The van der Waals surface area contributed by atoms with Crippen LogP contribution < -0.4 is 15.4 Å². The summed E-state index contributed by atoms with van der Waals surface area (Å²) in [5.74, 6) is 1.87. The van der Waals surface area contributed by atoms with Gasteiger partial charge >= 0.3 is 0 Å². The number of unbranched alkanes of at least 4 members (excludes halogenated alkanes) is 1. The number of ether oxygens (including phenoxy) is 1. The highest BCUT2D eigenvalue weighted by molar-refractivity contribution is 14.0. The van der Waals surface area contributed by atoms with Gasteiger partial charge in [-0.25, -0.2) is 0 Å². The maximum atomic E-state index is 5.72. The van der Waals surface area contributed by atoms with Crippen molar-refractivity contribution in [3.05, 3.63) is 30.3 Å². The minimum absolute atomic E-state index is 0. The van der Waals surface area contributed by atoms with Gasteiger partial charge in [-0.1, -0.05) is 32.0 Å². The summed E-state index contributed by atoms with van der Waals surface area (Å²) in [5.41, 5.74) is 0. The van der Waals surface area contributed by atoms with Crippen LogP contribution in [0.2, 0.25) is 0 Å². The lowest BCUT2D eigenvalue weighted by Gasteiger charge is -2.21. The highest BCUT2D eigenvalue weighted by atomic mass is 127. The predicted octanol–water partition coefficient (Wildman–Crippen LogP) is 4.53. The summed E-state index contributed by atoms with van der Waals surface area (Å²) < 4.78 is 5.72. The molecule has 1 rings (SSSR count). The van der Waals surface area contributed by atoms with E-state index in [4.69, 9.17) is 9.73 Å². The van der Waals surface area contributed by atoms with E-state index >= 15 is 0 Å². The molecule has 0 spiro atoms. The molecule has 1 aromatic carbocycles. The fourth-order valence-electron chi connectivity index (χ4n) is 2.90. The van der Waals surface area contributed by atoms with Crippen LogP contribution in [0.1, 0.15) is 53.4 Å². The molecule has 0 saturated heterocycles. The SMILES string of the molecule is CCNC(=NCCCCOc1ccccc1)NC(C)CCCN(CC)CC.I. The second kappa shape index (κ2) is 18.0. The van der Waals surface area contributed by atoms with E-state index in [1.54, 1.807) is 0 Å². The molecule has 0 saturated carbocycles. The van der Waals surface area contributed by atoms with Gasteiger partial charge in [-0.05, 0) is 71.3 Å². The molecule has 0 aliphatic heterocycles. The van der Waals surface area contributed by atoms with Crippen LogP contribution >= 0.6 is 24.0 Å². The standard InChI is InChI=1S/C22H40N4O.HI/c1-5-23-22(25-20(4)14-13-18-26(6-2)7-3)24-17-11-12-19-27-21-15-9-8-10-16-21;/h8-10,15-16,20H,5-7,11-14,17-19H2,1-4H3,(H2,23,24,25);1H. The molecule has 0 aliphatic carbocycles. The molecule has 0 fully saturated rings. The van der Waals surface area contributed by atoms with Crippen LogP contribution in [0.3, 0.4) is 0 Å². The van der Waals surface area contributed by atoms with Crippen molar-refractivity contribution in [3.8, 4) is 5.75 Å². The Balaban J connectivity index is 0.00000729. The molecule has 2 N–H and O–H groups in total. The van der Waals surface area contributed by atoms with E-state index in [1.807, 2.05) is 30.3 Å². The van der Waals surface area contributed by atoms with Crippen molar-refractivity contribution in [1.29, 1.82) is 0 Å². The first-order valence-electron chi connectivity index (χ1n) is 10.6. The van der Waals surface area contributed by atoms with Crippen molar-refractivity contribution in [2.75, 3.05) is 39.3 Å². The molecule has 0 bridgehead atoms. The smallest absolute Gasteiger partial charge is 0.191 e. The minimum Gasteiger partial charge on any atom is -0.494 e. The van der Waals surface area contributed by atoms with Crippen LogP contribution in [0.5, 0.6) is 5.75 Å². The van der Waals surface area contributed by atoms with Crippen LogP contribution in [-0.4, -0.2) is 56.2 Å². The number of nitrogens with one attached hydrogen (secondary N) is 2. The van der Waals surface area contributed by atoms with Gasteiger partial charge in [0.15, 0.2) is 5.96 Å². The summed E-state index contributed by atoms with van der Waals surface area (Å²) in [7, 11) is 0. The number of hydrogen-bond donors (Lipinski definition) is 2. The summed E-state index contributed by atoms with van der Waals surface area (Å²) in [4.78, 5) is 7.18. The topological polar surface area (TPSA) is 48.9 Å². The maximum absolute atomic E-state index is 5.72. The van der Waals surface area contributed by atoms with Crippen LogP contribution in [-0.2, 0) is 0 Å². The quantitative estimate of drug-likeness (QED) is 0.169. The molecule has 0 amide bonds. The molecule has 6 heteroatoms. The Morgan fingerprint density at radius 3 is 2.43 bits per heavy atom. The number of benzene rings is 1. The van der Waals surface area contributed by atoms with Crippen molar-refractivity contribution in [3.63, 3.8) is 0 Å². The van der Waals surface area contributed by atoms with Crippen molar-refractivity contribution < 1.29 is 4.74 Å². The maximum Gasteiger partial charge on any atom is 0.191 e. The first-order chi connectivity index (χ1) is 13.2. The lowest BCUT2D eigenvalue weighted by Crippen LogP contribution is -2.42.